The molecule has 0 bridgehead atoms. The predicted molar refractivity (Wildman–Crippen MR) is 196 cm³/mol. The number of carbonyl (C=O) groups excluding carboxylic acids is 2. The van der Waals surface area contributed by atoms with E-state index in [1.54, 1.807) is 0 Å². The second-order valence-corrected chi connectivity index (χ2v) is 14.8. The fourth-order valence-electron chi connectivity index (χ4n) is 5.34. The Morgan fingerprint density at radius 1 is 0.592 bits per heavy atom. The van der Waals surface area contributed by atoms with Crippen molar-refractivity contribution in [1.29, 1.82) is 0 Å². The van der Waals surface area contributed by atoms with Crippen molar-refractivity contribution in [3.63, 3.8) is 0 Å². The first-order chi connectivity index (χ1) is 23.7. The van der Waals surface area contributed by atoms with Gasteiger partial charge in [-0.15, -0.1) is 0 Å². The van der Waals surface area contributed by atoms with Gasteiger partial charge in [-0.2, -0.15) is 0 Å². The number of rotatable bonds is 37. The van der Waals surface area contributed by atoms with E-state index in [0.29, 0.717) is 12.8 Å². The number of ether oxygens (including phenoxy) is 2. The van der Waals surface area contributed by atoms with Crippen molar-refractivity contribution in [3.8, 4) is 0 Å². The van der Waals surface area contributed by atoms with Gasteiger partial charge in [0.15, 0.2) is 6.10 Å². The van der Waals surface area contributed by atoms with Crippen molar-refractivity contribution >= 4 is 19.8 Å². The van der Waals surface area contributed by atoms with E-state index in [2.05, 4.69) is 30.5 Å². The van der Waals surface area contributed by atoms with E-state index in [1.807, 2.05) is 0 Å². The molecule has 0 rings (SSSR count). The molecule has 1 unspecified atom stereocenters. The monoisotopic (exact) mass is 720 g/mol. The summed E-state index contributed by atoms with van der Waals surface area (Å²) in [4.78, 5) is 34.8. The molecule has 0 amide bonds. The van der Waals surface area contributed by atoms with Crippen molar-refractivity contribution in [2.75, 3.05) is 26.4 Å². The quantitative estimate of drug-likeness (QED) is 0.0245. The zero-order valence-electron chi connectivity index (χ0n) is 31.2. The molecule has 0 aromatic heterocycles. The highest BCUT2D eigenvalue weighted by atomic mass is 31.2. The maximum Gasteiger partial charge on any atom is 0.472 e. The molecule has 0 aliphatic carbocycles. The Balaban J connectivity index is 4.30. The van der Waals surface area contributed by atoms with Gasteiger partial charge in [0.1, 0.15) is 12.7 Å². The van der Waals surface area contributed by atoms with Crippen LogP contribution in [0, 0.1) is 0 Å². The third kappa shape index (κ3) is 34.9. The zero-order valence-corrected chi connectivity index (χ0v) is 32.1. The number of hydrogen-bond donors (Lipinski definition) is 3. The molecule has 290 valence electrons. The highest BCUT2D eigenvalue weighted by Crippen LogP contribution is 2.43. The number of aliphatic hydroxyl groups is 2. The van der Waals surface area contributed by atoms with Crippen LogP contribution in [0.5, 0.6) is 0 Å². The Kier molecular flexibility index (Phi) is 34.2. The van der Waals surface area contributed by atoms with E-state index < -0.39 is 51.8 Å². The summed E-state index contributed by atoms with van der Waals surface area (Å²) in [5, 5.41) is 18.3. The van der Waals surface area contributed by atoms with Crippen molar-refractivity contribution in [2.24, 2.45) is 0 Å². The Morgan fingerprint density at radius 2 is 1.00 bits per heavy atom. The molecular formula is C38H73O10P. The maximum absolute atomic E-state index is 12.5. The highest BCUT2D eigenvalue weighted by Gasteiger charge is 2.27. The molecule has 49 heavy (non-hydrogen) atoms. The summed E-state index contributed by atoms with van der Waals surface area (Å²) in [5.74, 6) is -0.927. The molecule has 0 aromatic rings. The Morgan fingerprint density at radius 3 is 1.47 bits per heavy atom. The number of hydrogen-bond acceptors (Lipinski definition) is 9. The SMILES string of the molecule is CCCCCCCC/C=C\CCCCCCCCCC(=O)O[C@H](COC(=O)CCCCCCCCCCC)COP(=O)(O)OC[C@@H](O)CO. The topological polar surface area (TPSA) is 149 Å². The molecule has 0 aliphatic rings. The average molecular weight is 721 g/mol. The molecule has 3 N–H and O–H groups in total. The van der Waals surface area contributed by atoms with Crippen LogP contribution in [-0.2, 0) is 32.7 Å². The maximum atomic E-state index is 12.5. The fourth-order valence-corrected chi connectivity index (χ4v) is 6.13. The highest BCUT2D eigenvalue weighted by molar-refractivity contribution is 7.47. The number of phosphoric acid groups is 1. The van der Waals surface area contributed by atoms with Crippen molar-refractivity contribution < 1.29 is 47.8 Å². The lowest BCUT2D eigenvalue weighted by molar-refractivity contribution is -0.161. The summed E-state index contributed by atoms with van der Waals surface area (Å²) < 4.78 is 32.5. The molecule has 3 atom stereocenters. The van der Waals surface area contributed by atoms with Crippen LogP contribution >= 0.6 is 7.82 Å². The van der Waals surface area contributed by atoms with Gasteiger partial charge in [0.05, 0.1) is 19.8 Å². The van der Waals surface area contributed by atoms with Gasteiger partial charge in [0.2, 0.25) is 0 Å². The van der Waals surface area contributed by atoms with Gasteiger partial charge >= 0.3 is 19.8 Å². The van der Waals surface area contributed by atoms with E-state index in [1.165, 1.54) is 96.3 Å². The lowest BCUT2D eigenvalue weighted by atomic mass is 10.1. The van der Waals surface area contributed by atoms with Gasteiger partial charge in [-0.05, 0) is 38.5 Å². The summed E-state index contributed by atoms with van der Waals surface area (Å²) in [7, 11) is -4.60. The van der Waals surface area contributed by atoms with Gasteiger partial charge in [-0.1, -0.05) is 142 Å². The van der Waals surface area contributed by atoms with Gasteiger partial charge in [-0.3, -0.25) is 18.6 Å². The minimum Gasteiger partial charge on any atom is -0.462 e. The lowest BCUT2D eigenvalue weighted by Gasteiger charge is -2.20. The summed E-state index contributed by atoms with van der Waals surface area (Å²) in [5.41, 5.74) is 0. The van der Waals surface area contributed by atoms with Crippen LogP contribution in [0.1, 0.15) is 181 Å². The van der Waals surface area contributed by atoms with E-state index >= 15 is 0 Å². The first-order valence-corrected chi connectivity index (χ1v) is 21.1. The third-order valence-electron chi connectivity index (χ3n) is 8.42. The van der Waals surface area contributed by atoms with Gasteiger partial charge < -0.3 is 24.6 Å². The Bertz CT molecular complexity index is 837. The summed E-state index contributed by atoms with van der Waals surface area (Å²) >= 11 is 0. The Labute approximate surface area is 298 Å². The Hall–Kier alpha value is -1.29. The number of carbonyl (C=O) groups is 2. The first-order valence-electron chi connectivity index (χ1n) is 19.6. The molecule has 0 aliphatic heterocycles. The molecule has 0 saturated heterocycles. The molecule has 0 aromatic carbocycles. The molecule has 0 fully saturated rings. The summed E-state index contributed by atoms with van der Waals surface area (Å²) in [6, 6.07) is 0. The largest absolute Gasteiger partial charge is 0.472 e. The summed E-state index contributed by atoms with van der Waals surface area (Å²) in [6.07, 6.45) is 30.4. The average Bonchev–Trinajstić information content (AvgIpc) is 3.09. The van der Waals surface area contributed by atoms with E-state index in [9.17, 15) is 24.2 Å². The van der Waals surface area contributed by atoms with Crippen LogP contribution in [-0.4, -0.2) is 65.7 Å². The second-order valence-electron chi connectivity index (χ2n) is 13.3. The normalized spacial score (nSPS) is 14.1. The van der Waals surface area contributed by atoms with Crippen LogP contribution in [0.2, 0.25) is 0 Å². The van der Waals surface area contributed by atoms with Crippen LogP contribution in [0.25, 0.3) is 0 Å². The molecule has 11 heteroatoms. The van der Waals surface area contributed by atoms with E-state index in [-0.39, 0.29) is 19.4 Å². The van der Waals surface area contributed by atoms with Crippen molar-refractivity contribution in [1.82, 2.24) is 0 Å². The number of aliphatic hydroxyl groups excluding tert-OH is 2. The third-order valence-corrected chi connectivity index (χ3v) is 9.37. The van der Waals surface area contributed by atoms with Crippen LogP contribution < -0.4 is 0 Å². The minimum absolute atomic E-state index is 0.183. The number of esters is 2. The predicted octanol–water partition coefficient (Wildman–Crippen LogP) is 9.67. The van der Waals surface area contributed by atoms with E-state index in [4.69, 9.17) is 19.1 Å². The lowest BCUT2D eigenvalue weighted by Crippen LogP contribution is -2.29. The first kappa shape index (κ1) is 47.7. The summed E-state index contributed by atoms with van der Waals surface area (Å²) in [6.45, 7) is 2.35. The van der Waals surface area contributed by atoms with Crippen molar-refractivity contribution in [3.05, 3.63) is 12.2 Å². The molecule has 0 heterocycles. The van der Waals surface area contributed by atoms with Crippen LogP contribution in [0.4, 0.5) is 0 Å². The van der Waals surface area contributed by atoms with Crippen LogP contribution in [0.3, 0.4) is 0 Å². The fraction of sp³-hybridized carbons (Fsp3) is 0.895. The van der Waals surface area contributed by atoms with Gasteiger partial charge in [-0.25, -0.2) is 4.57 Å². The van der Waals surface area contributed by atoms with E-state index in [0.717, 1.165) is 44.9 Å². The minimum atomic E-state index is -4.60. The number of phosphoric ester groups is 1. The number of allylic oxidation sites excluding steroid dienone is 2. The van der Waals surface area contributed by atoms with Gasteiger partial charge in [0.25, 0.3) is 0 Å². The van der Waals surface area contributed by atoms with Gasteiger partial charge in [0, 0.05) is 12.8 Å². The smallest absolute Gasteiger partial charge is 0.462 e. The molecule has 0 spiro atoms. The molecule has 0 radical (unpaired) electrons. The molecular weight excluding hydrogens is 647 g/mol. The standard InChI is InChI=1S/C38H73O10P/c1-3-5-7-9-11-13-14-15-16-17-18-19-20-22-24-26-28-30-38(42)48-36(34-47-49(43,44)46-32-35(40)31-39)33-45-37(41)29-27-25-23-21-12-10-8-6-4-2/h15-16,35-36,39-40H,3-14,17-34H2,1-2H3,(H,43,44)/b16-15-/t35-,36+/m0/s1. The second kappa shape index (κ2) is 35.1. The molecule has 0 saturated carbocycles. The molecule has 10 nitrogen and oxygen atoms in total. The number of unbranched alkanes of at least 4 members (excludes halogenated alkanes) is 21. The zero-order chi connectivity index (χ0) is 36.3. The van der Waals surface area contributed by atoms with Crippen LogP contribution in [0.15, 0.2) is 12.2 Å². The van der Waals surface area contributed by atoms with Crippen molar-refractivity contribution in [2.45, 2.75) is 193 Å².